The van der Waals surface area contributed by atoms with Crippen molar-refractivity contribution >= 4 is 23.4 Å². The SMILES string of the molecule is Cn1c(CC(=O)O)cc2c1C(=O)c1ccc(Cl)cc1OC2. The summed E-state index contributed by atoms with van der Waals surface area (Å²) in [6.45, 7) is 0.210. The molecule has 5 nitrogen and oxygen atoms in total. The number of halogens is 1. The first kappa shape index (κ1) is 13.7. The number of nitrogens with zero attached hydrogens (tertiary/aromatic N) is 1. The second-order valence-corrected chi connectivity index (χ2v) is 5.33. The number of ketones is 1. The first-order valence-electron chi connectivity index (χ1n) is 6.33. The Bertz CT molecular complexity index is 763. The molecule has 0 bridgehead atoms. The van der Waals surface area contributed by atoms with Gasteiger partial charge in [-0.3, -0.25) is 9.59 Å². The molecule has 0 amide bonds. The quantitative estimate of drug-likeness (QED) is 0.925. The molecule has 3 rings (SSSR count). The summed E-state index contributed by atoms with van der Waals surface area (Å²) in [5, 5.41) is 9.42. The van der Waals surface area contributed by atoms with Gasteiger partial charge in [0.05, 0.1) is 17.7 Å². The van der Waals surface area contributed by atoms with E-state index in [4.69, 9.17) is 21.4 Å². The summed E-state index contributed by atoms with van der Waals surface area (Å²) in [5.41, 5.74) is 2.15. The minimum atomic E-state index is -0.939. The summed E-state index contributed by atoms with van der Waals surface area (Å²) in [6.07, 6.45) is -0.135. The van der Waals surface area contributed by atoms with Crippen molar-refractivity contribution in [3.8, 4) is 5.75 Å². The highest BCUT2D eigenvalue weighted by atomic mass is 35.5. The average Bonchev–Trinajstić information content (AvgIpc) is 2.64. The highest BCUT2D eigenvalue weighted by molar-refractivity contribution is 6.31. The lowest BCUT2D eigenvalue weighted by Gasteiger charge is -2.08. The van der Waals surface area contributed by atoms with E-state index in [1.54, 1.807) is 35.9 Å². The summed E-state index contributed by atoms with van der Waals surface area (Å²) in [7, 11) is 1.69. The molecule has 6 heteroatoms. The summed E-state index contributed by atoms with van der Waals surface area (Å²) in [6, 6.07) is 6.57. The maximum absolute atomic E-state index is 12.7. The Hall–Kier alpha value is -2.27. The zero-order valence-electron chi connectivity index (χ0n) is 11.2. The van der Waals surface area contributed by atoms with Gasteiger partial charge in [0.25, 0.3) is 0 Å². The number of ether oxygens (including phenoxy) is 1. The van der Waals surface area contributed by atoms with Crippen LogP contribution < -0.4 is 4.74 Å². The fraction of sp³-hybridized carbons (Fsp3) is 0.200. The van der Waals surface area contributed by atoms with E-state index in [0.29, 0.717) is 33.3 Å². The standard InChI is InChI=1S/C15H12ClNO4/c1-17-10(6-13(18)19)4-8-7-21-12-5-9(16)2-3-11(12)15(20)14(8)17/h2-5H,6-7H2,1H3,(H,18,19). The molecule has 0 saturated carbocycles. The predicted molar refractivity (Wildman–Crippen MR) is 76.0 cm³/mol. The van der Waals surface area contributed by atoms with Crippen LogP contribution in [0.3, 0.4) is 0 Å². The number of hydrogen-bond acceptors (Lipinski definition) is 3. The molecular formula is C15H12ClNO4. The molecule has 2 heterocycles. The molecule has 0 saturated heterocycles. The monoisotopic (exact) mass is 305 g/mol. The number of hydrogen-bond donors (Lipinski definition) is 1. The first-order valence-corrected chi connectivity index (χ1v) is 6.71. The molecule has 1 aromatic heterocycles. The van der Waals surface area contributed by atoms with Gasteiger partial charge in [-0.1, -0.05) is 11.6 Å². The van der Waals surface area contributed by atoms with Crippen molar-refractivity contribution < 1.29 is 19.4 Å². The Balaban J connectivity index is 2.12. The molecule has 108 valence electrons. The molecular weight excluding hydrogens is 294 g/mol. The molecule has 2 aromatic rings. The van der Waals surface area contributed by atoms with E-state index in [1.807, 2.05) is 0 Å². The number of rotatable bonds is 2. The van der Waals surface area contributed by atoms with Gasteiger partial charge in [-0.2, -0.15) is 0 Å². The third-order valence-electron chi connectivity index (χ3n) is 3.53. The molecule has 21 heavy (non-hydrogen) atoms. The zero-order valence-corrected chi connectivity index (χ0v) is 12.0. The van der Waals surface area contributed by atoms with Crippen molar-refractivity contribution in [3.05, 3.63) is 51.8 Å². The predicted octanol–water partition coefficient (Wildman–Crippen LogP) is 2.43. The number of carbonyl (C=O) groups excluding carboxylic acids is 1. The maximum Gasteiger partial charge on any atom is 0.309 e. The molecule has 1 aliphatic rings. The molecule has 1 aliphatic heterocycles. The van der Waals surface area contributed by atoms with Crippen LogP contribution in [0.5, 0.6) is 5.75 Å². The molecule has 0 spiro atoms. The molecule has 1 aromatic carbocycles. The fourth-order valence-electron chi connectivity index (χ4n) is 2.54. The normalized spacial score (nSPS) is 13.1. The smallest absolute Gasteiger partial charge is 0.309 e. The summed E-state index contributed by atoms with van der Waals surface area (Å²) in [4.78, 5) is 23.5. The zero-order chi connectivity index (χ0) is 15.1. The Kier molecular flexibility index (Phi) is 3.22. The Labute approximate surface area is 125 Å². The van der Waals surface area contributed by atoms with Crippen LogP contribution in [0, 0.1) is 0 Å². The van der Waals surface area contributed by atoms with Gasteiger partial charge in [0.15, 0.2) is 0 Å². The van der Waals surface area contributed by atoms with Gasteiger partial charge in [-0.25, -0.2) is 0 Å². The van der Waals surface area contributed by atoms with Crippen molar-refractivity contribution in [3.63, 3.8) is 0 Å². The van der Waals surface area contributed by atoms with Gasteiger partial charge >= 0.3 is 5.97 Å². The van der Waals surface area contributed by atoms with Crippen LogP contribution in [0.25, 0.3) is 0 Å². The van der Waals surface area contributed by atoms with Crippen LogP contribution in [-0.4, -0.2) is 21.4 Å². The lowest BCUT2D eigenvalue weighted by Crippen LogP contribution is -2.12. The molecule has 0 radical (unpaired) electrons. The summed E-state index contributed by atoms with van der Waals surface area (Å²) >= 11 is 5.91. The minimum Gasteiger partial charge on any atom is -0.488 e. The molecule has 1 N–H and O–H groups in total. The number of aromatic nitrogens is 1. The second-order valence-electron chi connectivity index (χ2n) is 4.90. The van der Waals surface area contributed by atoms with Crippen LogP contribution in [0.15, 0.2) is 24.3 Å². The number of fused-ring (bicyclic) bond motifs is 2. The maximum atomic E-state index is 12.7. The Morgan fingerprint density at radius 1 is 1.43 bits per heavy atom. The van der Waals surface area contributed by atoms with Crippen LogP contribution >= 0.6 is 11.6 Å². The van der Waals surface area contributed by atoms with E-state index in [-0.39, 0.29) is 18.8 Å². The summed E-state index contributed by atoms with van der Waals surface area (Å²) in [5.74, 6) is -0.678. The van der Waals surface area contributed by atoms with Gasteiger partial charge in [-0.15, -0.1) is 0 Å². The van der Waals surface area contributed by atoms with Crippen LogP contribution in [0.1, 0.15) is 27.3 Å². The molecule has 0 atom stereocenters. The number of aliphatic carboxylic acids is 1. The third-order valence-corrected chi connectivity index (χ3v) is 3.77. The second kappa shape index (κ2) is 4.93. The van der Waals surface area contributed by atoms with Crippen molar-refractivity contribution in [2.75, 3.05) is 0 Å². The fourth-order valence-corrected chi connectivity index (χ4v) is 2.71. The van der Waals surface area contributed by atoms with E-state index in [2.05, 4.69) is 0 Å². The van der Waals surface area contributed by atoms with Crippen LogP contribution in [-0.2, 0) is 24.9 Å². The van der Waals surface area contributed by atoms with E-state index in [1.165, 1.54) is 0 Å². The third kappa shape index (κ3) is 2.29. The first-order chi connectivity index (χ1) is 9.97. The van der Waals surface area contributed by atoms with Crippen LogP contribution in [0.2, 0.25) is 5.02 Å². The van der Waals surface area contributed by atoms with Crippen molar-refractivity contribution in [2.24, 2.45) is 7.05 Å². The topological polar surface area (TPSA) is 68.5 Å². The minimum absolute atomic E-state index is 0.135. The number of carbonyl (C=O) groups is 2. The molecule has 0 aliphatic carbocycles. The Morgan fingerprint density at radius 2 is 2.19 bits per heavy atom. The highest BCUT2D eigenvalue weighted by Gasteiger charge is 2.27. The average molecular weight is 306 g/mol. The van der Waals surface area contributed by atoms with Gasteiger partial charge in [0.2, 0.25) is 5.78 Å². The Morgan fingerprint density at radius 3 is 2.90 bits per heavy atom. The summed E-state index contributed by atoms with van der Waals surface area (Å²) < 4.78 is 7.26. The van der Waals surface area contributed by atoms with E-state index in [9.17, 15) is 9.59 Å². The number of carboxylic acids is 1. The van der Waals surface area contributed by atoms with Crippen LogP contribution in [0.4, 0.5) is 0 Å². The lowest BCUT2D eigenvalue weighted by atomic mass is 10.1. The van der Waals surface area contributed by atoms with E-state index in [0.717, 1.165) is 0 Å². The largest absolute Gasteiger partial charge is 0.488 e. The number of carboxylic acid groups (broad SMARTS) is 1. The van der Waals surface area contributed by atoms with Gasteiger partial charge in [0, 0.05) is 23.3 Å². The highest BCUT2D eigenvalue weighted by Crippen LogP contribution is 2.32. The molecule has 0 fully saturated rings. The van der Waals surface area contributed by atoms with E-state index < -0.39 is 5.97 Å². The van der Waals surface area contributed by atoms with Crippen molar-refractivity contribution in [2.45, 2.75) is 13.0 Å². The van der Waals surface area contributed by atoms with Gasteiger partial charge in [-0.05, 0) is 24.3 Å². The molecule has 0 unspecified atom stereocenters. The number of benzene rings is 1. The lowest BCUT2D eigenvalue weighted by molar-refractivity contribution is -0.136. The van der Waals surface area contributed by atoms with Crippen molar-refractivity contribution in [1.82, 2.24) is 4.57 Å². The van der Waals surface area contributed by atoms with Gasteiger partial charge < -0.3 is 14.4 Å². The van der Waals surface area contributed by atoms with Crippen molar-refractivity contribution in [1.29, 1.82) is 0 Å². The van der Waals surface area contributed by atoms with E-state index >= 15 is 0 Å². The van der Waals surface area contributed by atoms with Gasteiger partial charge in [0.1, 0.15) is 12.4 Å².